The first-order valence-corrected chi connectivity index (χ1v) is 3.54. The molecule has 1 rings (SSSR count). The van der Waals surface area contributed by atoms with Crippen molar-refractivity contribution in [3.05, 3.63) is 24.0 Å². The molecule has 0 aliphatic heterocycles. The molecule has 1 unspecified atom stereocenters. The van der Waals surface area contributed by atoms with E-state index in [0.717, 1.165) is 5.56 Å². The van der Waals surface area contributed by atoms with Gasteiger partial charge in [0.2, 0.25) is 0 Å². The van der Waals surface area contributed by atoms with Crippen LogP contribution in [0.1, 0.15) is 10.9 Å². The third-order valence-electron chi connectivity index (χ3n) is 1.32. The SMILES string of the molecule is COC(=O)C(Cl)c1cc[nH]c1. The van der Waals surface area contributed by atoms with Crippen molar-refractivity contribution in [2.45, 2.75) is 5.38 Å². The Morgan fingerprint density at radius 3 is 3.00 bits per heavy atom. The van der Waals surface area contributed by atoms with E-state index in [1.807, 2.05) is 0 Å². The van der Waals surface area contributed by atoms with E-state index in [4.69, 9.17) is 11.6 Å². The molecule has 0 aromatic carbocycles. The summed E-state index contributed by atoms with van der Waals surface area (Å²) in [5.41, 5.74) is 0.721. The van der Waals surface area contributed by atoms with Crippen molar-refractivity contribution in [3.8, 4) is 0 Å². The number of hydrogen-bond donors (Lipinski definition) is 1. The number of halogens is 1. The van der Waals surface area contributed by atoms with E-state index in [2.05, 4.69) is 9.72 Å². The molecule has 0 radical (unpaired) electrons. The minimum Gasteiger partial charge on any atom is -0.468 e. The number of aromatic amines is 1. The van der Waals surface area contributed by atoms with E-state index < -0.39 is 11.3 Å². The molecule has 0 saturated heterocycles. The second-order valence-corrected chi connectivity index (χ2v) is 2.47. The summed E-state index contributed by atoms with van der Waals surface area (Å²) < 4.78 is 4.45. The van der Waals surface area contributed by atoms with E-state index in [-0.39, 0.29) is 0 Å². The first-order valence-electron chi connectivity index (χ1n) is 3.10. The van der Waals surface area contributed by atoms with Gasteiger partial charge in [0.1, 0.15) is 0 Å². The smallest absolute Gasteiger partial charge is 0.328 e. The highest BCUT2D eigenvalue weighted by atomic mass is 35.5. The Kier molecular flexibility index (Phi) is 2.54. The summed E-state index contributed by atoms with van der Waals surface area (Å²) in [7, 11) is 1.31. The lowest BCUT2D eigenvalue weighted by Gasteiger charge is -2.02. The van der Waals surface area contributed by atoms with Crippen LogP contribution in [0.15, 0.2) is 18.5 Å². The number of methoxy groups -OCH3 is 1. The van der Waals surface area contributed by atoms with Crippen LogP contribution in [0.3, 0.4) is 0 Å². The summed E-state index contributed by atoms with van der Waals surface area (Å²) in [5, 5.41) is -0.703. The number of alkyl halides is 1. The highest BCUT2D eigenvalue weighted by Gasteiger charge is 2.17. The number of rotatable bonds is 2. The van der Waals surface area contributed by atoms with E-state index in [0.29, 0.717) is 0 Å². The molecule has 0 aliphatic rings. The normalized spacial score (nSPS) is 12.5. The Morgan fingerprint density at radius 1 is 1.82 bits per heavy atom. The fourth-order valence-corrected chi connectivity index (χ4v) is 0.959. The number of ether oxygens (including phenoxy) is 1. The molecule has 1 heterocycles. The summed E-state index contributed by atoms with van der Waals surface area (Å²) in [5.74, 6) is -0.439. The minimum atomic E-state index is -0.703. The van der Waals surface area contributed by atoms with Crippen LogP contribution in [0.25, 0.3) is 0 Å². The lowest BCUT2D eigenvalue weighted by molar-refractivity contribution is -0.140. The standard InChI is InChI=1S/C7H8ClNO2/c1-11-7(10)6(8)5-2-3-9-4-5/h2-4,6,9H,1H3. The zero-order valence-corrected chi connectivity index (χ0v) is 6.76. The van der Waals surface area contributed by atoms with Gasteiger partial charge in [-0.3, -0.25) is 4.79 Å². The summed E-state index contributed by atoms with van der Waals surface area (Å²) in [6.07, 6.45) is 3.36. The largest absolute Gasteiger partial charge is 0.468 e. The van der Waals surface area contributed by atoms with Gasteiger partial charge in [-0.1, -0.05) is 0 Å². The second-order valence-electron chi connectivity index (χ2n) is 2.03. The van der Waals surface area contributed by atoms with Crippen LogP contribution in [-0.2, 0) is 9.53 Å². The van der Waals surface area contributed by atoms with E-state index in [1.54, 1.807) is 18.5 Å². The molecule has 3 nitrogen and oxygen atoms in total. The van der Waals surface area contributed by atoms with Gasteiger partial charge in [0, 0.05) is 12.4 Å². The van der Waals surface area contributed by atoms with Gasteiger partial charge in [-0.25, -0.2) is 0 Å². The molecule has 1 atom stereocenters. The van der Waals surface area contributed by atoms with Crippen molar-refractivity contribution < 1.29 is 9.53 Å². The lowest BCUT2D eigenvalue weighted by Crippen LogP contribution is -2.07. The van der Waals surface area contributed by atoms with Crippen LogP contribution in [0, 0.1) is 0 Å². The van der Waals surface area contributed by atoms with Crippen LogP contribution in [0.4, 0.5) is 0 Å². The molecule has 11 heavy (non-hydrogen) atoms. The quantitative estimate of drug-likeness (QED) is 0.544. The highest BCUT2D eigenvalue weighted by Crippen LogP contribution is 2.20. The first-order chi connectivity index (χ1) is 5.25. The van der Waals surface area contributed by atoms with Gasteiger partial charge in [-0.15, -0.1) is 11.6 Å². The van der Waals surface area contributed by atoms with Gasteiger partial charge >= 0.3 is 5.97 Å². The van der Waals surface area contributed by atoms with Crippen molar-refractivity contribution in [1.29, 1.82) is 0 Å². The average Bonchev–Trinajstić information content (AvgIpc) is 2.53. The van der Waals surface area contributed by atoms with Crippen molar-refractivity contribution >= 4 is 17.6 Å². The van der Waals surface area contributed by atoms with Crippen LogP contribution < -0.4 is 0 Å². The predicted octanol–water partition coefficient (Wildman–Crippen LogP) is 1.47. The number of carbonyl (C=O) groups is 1. The Bertz CT molecular complexity index is 233. The van der Waals surface area contributed by atoms with Crippen LogP contribution in [-0.4, -0.2) is 18.1 Å². The number of hydrogen-bond acceptors (Lipinski definition) is 2. The zero-order chi connectivity index (χ0) is 8.27. The Hall–Kier alpha value is -0.960. The molecule has 0 aliphatic carbocycles. The van der Waals surface area contributed by atoms with E-state index >= 15 is 0 Å². The molecule has 0 bridgehead atoms. The third kappa shape index (κ3) is 1.74. The van der Waals surface area contributed by atoms with Crippen molar-refractivity contribution in [2.24, 2.45) is 0 Å². The average molecular weight is 174 g/mol. The number of esters is 1. The summed E-state index contributed by atoms with van der Waals surface area (Å²) in [6, 6.07) is 1.73. The van der Waals surface area contributed by atoms with Gasteiger partial charge in [-0.2, -0.15) is 0 Å². The minimum absolute atomic E-state index is 0.439. The molecule has 0 amide bonds. The van der Waals surface area contributed by atoms with Gasteiger partial charge in [0.25, 0.3) is 0 Å². The third-order valence-corrected chi connectivity index (χ3v) is 1.75. The lowest BCUT2D eigenvalue weighted by atomic mass is 10.2. The molecule has 1 aromatic heterocycles. The number of carbonyl (C=O) groups excluding carboxylic acids is 1. The molecule has 1 aromatic rings. The number of aromatic nitrogens is 1. The molecule has 1 N–H and O–H groups in total. The van der Waals surface area contributed by atoms with Gasteiger partial charge in [0.15, 0.2) is 5.38 Å². The van der Waals surface area contributed by atoms with E-state index in [1.165, 1.54) is 7.11 Å². The molecule has 0 fully saturated rings. The maximum absolute atomic E-state index is 10.8. The maximum Gasteiger partial charge on any atom is 0.328 e. The number of nitrogens with one attached hydrogen (secondary N) is 1. The Morgan fingerprint density at radius 2 is 2.55 bits per heavy atom. The molecular formula is C7H8ClNO2. The topological polar surface area (TPSA) is 42.1 Å². The fraction of sp³-hybridized carbons (Fsp3) is 0.286. The fourth-order valence-electron chi connectivity index (χ4n) is 0.734. The highest BCUT2D eigenvalue weighted by molar-refractivity contribution is 6.29. The van der Waals surface area contributed by atoms with Gasteiger partial charge in [-0.05, 0) is 11.6 Å². The molecule has 0 saturated carbocycles. The molecule has 60 valence electrons. The van der Waals surface area contributed by atoms with Crippen LogP contribution in [0.2, 0.25) is 0 Å². The Labute approximate surface area is 69.3 Å². The zero-order valence-electron chi connectivity index (χ0n) is 6.00. The second kappa shape index (κ2) is 3.44. The number of H-pyrrole nitrogens is 1. The molecular weight excluding hydrogens is 166 g/mol. The predicted molar refractivity (Wildman–Crippen MR) is 41.4 cm³/mol. The van der Waals surface area contributed by atoms with Crippen molar-refractivity contribution in [2.75, 3.05) is 7.11 Å². The molecule has 4 heteroatoms. The van der Waals surface area contributed by atoms with E-state index in [9.17, 15) is 4.79 Å². The maximum atomic E-state index is 10.8. The first kappa shape index (κ1) is 8.14. The van der Waals surface area contributed by atoms with Crippen molar-refractivity contribution in [3.63, 3.8) is 0 Å². The Balaban J connectivity index is 2.70. The summed E-state index contributed by atoms with van der Waals surface area (Å²) >= 11 is 5.70. The summed E-state index contributed by atoms with van der Waals surface area (Å²) in [6.45, 7) is 0. The summed E-state index contributed by atoms with van der Waals surface area (Å²) in [4.78, 5) is 13.6. The molecule has 0 spiro atoms. The van der Waals surface area contributed by atoms with Gasteiger partial charge in [0.05, 0.1) is 7.11 Å². The van der Waals surface area contributed by atoms with Gasteiger partial charge < -0.3 is 9.72 Å². The van der Waals surface area contributed by atoms with Crippen LogP contribution >= 0.6 is 11.6 Å². The van der Waals surface area contributed by atoms with Crippen molar-refractivity contribution in [1.82, 2.24) is 4.98 Å². The monoisotopic (exact) mass is 173 g/mol. The van der Waals surface area contributed by atoms with Crippen LogP contribution in [0.5, 0.6) is 0 Å².